The van der Waals surface area contributed by atoms with E-state index >= 15 is 0 Å². The molecule has 1 nitrogen and oxygen atoms in total. The van der Waals surface area contributed by atoms with Gasteiger partial charge in [0, 0.05) is 11.0 Å². The van der Waals surface area contributed by atoms with Crippen molar-refractivity contribution >= 4 is 12.7 Å². The predicted molar refractivity (Wildman–Crippen MR) is 60.9 cm³/mol. The molecule has 0 atom stereocenters. The first-order valence-electron chi connectivity index (χ1n) is 4.71. The lowest BCUT2D eigenvalue weighted by atomic mass is 10.3. The quantitative estimate of drug-likeness (QED) is 0.676. The number of nitrogens with one attached hydrogen (secondary N) is 1. The van der Waals surface area contributed by atoms with E-state index < -0.39 is 0 Å². The number of aryl methyl sites for hydroxylation is 1. The van der Waals surface area contributed by atoms with Crippen molar-refractivity contribution < 1.29 is 0 Å². The third-order valence-corrected chi connectivity index (χ3v) is 1.54. The molecular formula is C12H19N. The largest absolute Gasteiger partial charge is 0.359 e. The molecule has 0 bridgehead atoms. The number of H-pyrrole nitrogens is 1. The standard InChI is InChI=1S/C10H13N.C2H6/c1-4-5-6-10-7-8(2)11-9(10)3;1-2/h4-7,11H,3H2,1-2H3;1-2H3/b5-4-,10-6-;. The number of hydrogen-bond donors (Lipinski definition) is 1. The topological polar surface area (TPSA) is 15.8 Å². The fourth-order valence-corrected chi connectivity index (χ4v) is 1.02. The highest BCUT2D eigenvalue weighted by atomic mass is 14.7. The lowest BCUT2D eigenvalue weighted by molar-refractivity contribution is 1.22. The molecule has 0 saturated carbocycles. The van der Waals surface area contributed by atoms with Gasteiger partial charge in [-0.1, -0.05) is 38.7 Å². The maximum Gasteiger partial charge on any atom is 0.0382 e. The summed E-state index contributed by atoms with van der Waals surface area (Å²) in [5.41, 5.74) is 1.16. The number of hydrogen-bond acceptors (Lipinski definition) is 0. The molecule has 0 aromatic carbocycles. The third kappa shape index (κ3) is 3.79. The van der Waals surface area contributed by atoms with Crippen LogP contribution in [0, 0.1) is 6.92 Å². The molecule has 1 heteroatoms. The average Bonchev–Trinajstić information content (AvgIpc) is 2.45. The SMILES string of the molecule is C=c1[nH]c(C)c/c1=C/C=C\C.CC. The number of aromatic nitrogens is 1. The zero-order valence-corrected chi connectivity index (χ0v) is 9.02. The molecule has 13 heavy (non-hydrogen) atoms. The Labute approximate surface area is 80.5 Å². The van der Waals surface area contributed by atoms with Crippen molar-refractivity contribution in [1.82, 2.24) is 4.98 Å². The third-order valence-electron chi connectivity index (χ3n) is 1.54. The van der Waals surface area contributed by atoms with Crippen molar-refractivity contribution in [3.05, 3.63) is 34.5 Å². The molecule has 0 aliphatic carbocycles. The Morgan fingerprint density at radius 2 is 2.00 bits per heavy atom. The minimum atomic E-state index is 0.987. The molecule has 0 spiro atoms. The van der Waals surface area contributed by atoms with E-state index in [1.165, 1.54) is 5.22 Å². The first-order chi connectivity index (χ1) is 6.24. The van der Waals surface area contributed by atoms with Crippen LogP contribution in [0.2, 0.25) is 0 Å². The van der Waals surface area contributed by atoms with Crippen molar-refractivity contribution in [3.8, 4) is 0 Å². The van der Waals surface area contributed by atoms with Crippen LogP contribution in [0.3, 0.4) is 0 Å². The Bertz CT molecular complexity index is 355. The van der Waals surface area contributed by atoms with Gasteiger partial charge in [-0.05, 0) is 25.1 Å². The Balaban J connectivity index is 0.000000671. The van der Waals surface area contributed by atoms with E-state index in [0.29, 0.717) is 0 Å². The fraction of sp³-hybridized carbons (Fsp3) is 0.333. The second-order valence-electron chi connectivity index (χ2n) is 2.58. The molecular weight excluding hydrogens is 158 g/mol. The van der Waals surface area contributed by atoms with Crippen LogP contribution < -0.4 is 10.6 Å². The van der Waals surface area contributed by atoms with Crippen molar-refractivity contribution in [1.29, 1.82) is 0 Å². The average molecular weight is 177 g/mol. The summed E-state index contributed by atoms with van der Waals surface area (Å²) in [4.78, 5) is 3.14. The molecule has 72 valence electrons. The Morgan fingerprint density at radius 3 is 2.38 bits per heavy atom. The van der Waals surface area contributed by atoms with Gasteiger partial charge in [-0.25, -0.2) is 0 Å². The second kappa shape index (κ2) is 6.30. The minimum Gasteiger partial charge on any atom is -0.359 e. The Hall–Kier alpha value is -1.24. The molecule has 0 saturated heterocycles. The van der Waals surface area contributed by atoms with Gasteiger partial charge in [-0.3, -0.25) is 0 Å². The molecule has 1 aromatic rings. The summed E-state index contributed by atoms with van der Waals surface area (Å²) >= 11 is 0. The number of aromatic amines is 1. The normalized spacial score (nSPS) is 11.5. The zero-order valence-electron chi connectivity index (χ0n) is 9.02. The highest BCUT2D eigenvalue weighted by molar-refractivity contribution is 5.37. The molecule has 1 N–H and O–H groups in total. The van der Waals surface area contributed by atoms with Gasteiger partial charge in [-0.15, -0.1) is 0 Å². The van der Waals surface area contributed by atoms with Crippen LogP contribution in [0.5, 0.6) is 0 Å². The van der Waals surface area contributed by atoms with E-state index in [-0.39, 0.29) is 0 Å². The summed E-state index contributed by atoms with van der Waals surface area (Å²) in [6.07, 6.45) is 6.06. The van der Waals surface area contributed by atoms with E-state index in [9.17, 15) is 0 Å². The van der Waals surface area contributed by atoms with Crippen molar-refractivity contribution in [2.24, 2.45) is 0 Å². The summed E-state index contributed by atoms with van der Waals surface area (Å²) in [6.45, 7) is 11.9. The molecule has 0 amide bonds. The van der Waals surface area contributed by atoms with Crippen molar-refractivity contribution in [2.75, 3.05) is 0 Å². The first kappa shape index (κ1) is 11.8. The van der Waals surface area contributed by atoms with Gasteiger partial charge in [0.1, 0.15) is 0 Å². The van der Waals surface area contributed by atoms with Crippen molar-refractivity contribution in [3.63, 3.8) is 0 Å². The number of allylic oxidation sites excluding steroid dienone is 2. The summed E-state index contributed by atoms with van der Waals surface area (Å²) in [5.74, 6) is 0. The van der Waals surface area contributed by atoms with Gasteiger partial charge in [0.25, 0.3) is 0 Å². The summed E-state index contributed by atoms with van der Waals surface area (Å²) in [6, 6.07) is 2.09. The van der Waals surface area contributed by atoms with E-state index in [1.807, 2.05) is 45.9 Å². The van der Waals surface area contributed by atoms with Crippen LogP contribution in [-0.4, -0.2) is 4.98 Å². The Morgan fingerprint density at radius 1 is 1.38 bits per heavy atom. The second-order valence-corrected chi connectivity index (χ2v) is 2.58. The molecule has 1 heterocycles. The summed E-state index contributed by atoms with van der Waals surface area (Å²) in [5, 5.41) is 2.15. The number of rotatable bonds is 1. The predicted octanol–water partition coefficient (Wildman–Crippen LogP) is 2.12. The van der Waals surface area contributed by atoms with Crippen molar-refractivity contribution in [2.45, 2.75) is 27.7 Å². The summed E-state index contributed by atoms with van der Waals surface area (Å²) < 4.78 is 0. The van der Waals surface area contributed by atoms with Crippen LogP contribution in [0.4, 0.5) is 0 Å². The minimum absolute atomic E-state index is 0.987. The van der Waals surface area contributed by atoms with E-state index in [1.54, 1.807) is 0 Å². The molecule has 1 aromatic heterocycles. The van der Waals surface area contributed by atoms with Gasteiger partial charge in [-0.2, -0.15) is 0 Å². The molecule has 0 aliphatic heterocycles. The lowest BCUT2D eigenvalue weighted by Gasteiger charge is -1.72. The summed E-state index contributed by atoms with van der Waals surface area (Å²) in [7, 11) is 0. The van der Waals surface area contributed by atoms with Crippen LogP contribution in [-0.2, 0) is 0 Å². The molecule has 0 unspecified atom stereocenters. The van der Waals surface area contributed by atoms with Crippen LogP contribution in [0.1, 0.15) is 26.5 Å². The highest BCUT2D eigenvalue weighted by Gasteiger charge is 1.85. The molecule has 0 radical (unpaired) electrons. The van der Waals surface area contributed by atoms with E-state index in [4.69, 9.17) is 0 Å². The monoisotopic (exact) mass is 177 g/mol. The maximum absolute atomic E-state index is 3.87. The van der Waals surface area contributed by atoms with Gasteiger partial charge in [0.15, 0.2) is 0 Å². The van der Waals surface area contributed by atoms with E-state index in [2.05, 4.69) is 17.6 Å². The van der Waals surface area contributed by atoms with Crippen LogP contribution in [0.25, 0.3) is 12.7 Å². The van der Waals surface area contributed by atoms with Gasteiger partial charge in [0.05, 0.1) is 0 Å². The highest BCUT2D eigenvalue weighted by Crippen LogP contribution is 1.79. The van der Waals surface area contributed by atoms with Crippen LogP contribution >= 0.6 is 0 Å². The smallest absolute Gasteiger partial charge is 0.0382 e. The van der Waals surface area contributed by atoms with Gasteiger partial charge in [0.2, 0.25) is 0 Å². The molecule has 0 aliphatic rings. The van der Waals surface area contributed by atoms with Crippen LogP contribution in [0.15, 0.2) is 18.2 Å². The zero-order chi connectivity index (χ0) is 10.3. The lowest BCUT2D eigenvalue weighted by Crippen LogP contribution is -2.19. The van der Waals surface area contributed by atoms with Gasteiger partial charge < -0.3 is 4.98 Å². The Kier molecular flexibility index (Phi) is 5.69. The van der Waals surface area contributed by atoms with E-state index in [0.717, 1.165) is 11.0 Å². The maximum atomic E-state index is 3.87. The van der Waals surface area contributed by atoms with Gasteiger partial charge >= 0.3 is 0 Å². The molecule has 1 rings (SSSR count). The fourth-order valence-electron chi connectivity index (χ4n) is 1.02. The molecule has 0 fully saturated rings. The first-order valence-corrected chi connectivity index (χ1v) is 4.71.